The van der Waals surface area contributed by atoms with E-state index in [2.05, 4.69) is 47.2 Å². The van der Waals surface area contributed by atoms with Gasteiger partial charge in [0.2, 0.25) is 5.88 Å². The van der Waals surface area contributed by atoms with E-state index in [1.807, 2.05) is 66.0 Å². The van der Waals surface area contributed by atoms with Gasteiger partial charge in [0.1, 0.15) is 11.6 Å². The van der Waals surface area contributed by atoms with Gasteiger partial charge in [-0.3, -0.25) is 0 Å². The van der Waals surface area contributed by atoms with Crippen LogP contribution in [0.4, 0.5) is 5.82 Å². The first-order chi connectivity index (χ1) is 18.3. The van der Waals surface area contributed by atoms with Gasteiger partial charge in [-0.15, -0.1) is 0 Å². The van der Waals surface area contributed by atoms with E-state index in [1.54, 1.807) is 6.20 Å². The van der Waals surface area contributed by atoms with Crippen LogP contribution >= 0.6 is 0 Å². The van der Waals surface area contributed by atoms with E-state index in [0.29, 0.717) is 19.1 Å². The monoisotopic (exact) mass is 493 g/mol. The van der Waals surface area contributed by atoms with Gasteiger partial charge in [0.15, 0.2) is 5.65 Å². The fraction of sp³-hybridized carbons (Fsp3) is 0.233. The zero-order chi connectivity index (χ0) is 25.5. The first-order valence-electron chi connectivity index (χ1n) is 12.7. The molecular weight excluding hydrogens is 462 g/mol. The molecule has 37 heavy (non-hydrogen) atoms. The average molecular weight is 494 g/mol. The van der Waals surface area contributed by atoms with E-state index >= 15 is 0 Å². The van der Waals surface area contributed by atoms with Crippen LogP contribution in [0.25, 0.3) is 22.5 Å². The van der Waals surface area contributed by atoms with Crippen LogP contribution in [0, 0.1) is 0 Å². The van der Waals surface area contributed by atoms with Crippen LogP contribution in [-0.2, 0) is 4.74 Å². The number of fused-ring (bicyclic) bond motifs is 1. The Hall–Kier alpha value is -4.23. The van der Waals surface area contributed by atoms with Gasteiger partial charge in [0.25, 0.3) is 0 Å². The fourth-order valence-corrected chi connectivity index (χ4v) is 4.24. The molecule has 7 heteroatoms. The Morgan fingerprint density at radius 1 is 1.08 bits per heavy atom. The van der Waals surface area contributed by atoms with Crippen LogP contribution in [0.15, 0.2) is 91.2 Å². The molecule has 0 unspecified atom stereocenters. The van der Waals surface area contributed by atoms with Crippen LogP contribution in [-0.4, -0.2) is 45.9 Å². The molecular formula is C30H31N5O2. The van der Waals surface area contributed by atoms with E-state index in [4.69, 9.17) is 19.6 Å². The summed E-state index contributed by atoms with van der Waals surface area (Å²) in [6, 6.07) is 17.7. The first-order valence-corrected chi connectivity index (χ1v) is 12.7. The zero-order valence-electron chi connectivity index (χ0n) is 21.2. The Kier molecular flexibility index (Phi) is 7.72. The number of ether oxygens (including phenoxy) is 2. The molecule has 3 aromatic heterocycles. The number of hydrogen-bond donors (Lipinski definition) is 0. The summed E-state index contributed by atoms with van der Waals surface area (Å²) in [4.78, 5) is 11.8. The second kappa shape index (κ2) is 11.7. The fourth-order valence-electron chi connectivity index (χ4n) is 4.24. The molecule has 1 aliphatic heterocycles. The Morgan fingerprint density at radius 2 is 1.92 bits per heavy atom. The van der Waals surface area contributed by atoms with Crippen LogP contribution in [0.3, 0.4) is 0 Å². The predicted octanol–water partition coefficient (Wildman–Crippen LogP) is 6.35. The van der Waals surface area contributed by atoms with Crippen LogP contribution in [0.1, 0.15) is 26.0 Å². The Bertz CT molecular complexity index is 1430. The lowest BCUT2D eigenvalue weighted by atomic mass is 10.1. The third-order valence-electron chi connectivity index (χ3n) is 6.04. The van der Waals surface area contributed by atoms with E-state index in [1.165, 1.54) is 0 Å². The molecule has 5 rings (SSSR count). The number of pyridine rings is 1. The van der Waals surface area contributed by atoms with Crippen molar-refractivity contribution in [3.05, 3.63) is 96.9 Å². The van der Waals surface area contributed by atoms with Crippen molar-refractivity contribution in [2.75, 3.05) is 31.2 Å². The Balaban J connectivity index is 1.64. The minimum absolute atomic E-state index is 0.512. The third kappa shape index (κ3) is 5.62. The van der Waals surface area contributed by atoms with E-state index in [-0.39, 0.29) is 0 Å². The maximum absolute atomic E-state index is 6.16. The number of allylic oxidation sites excluding steroid dienone is 6. The molecule has 0 saturated carbocycles. The van der Waals surface area contributed by atoms with Crippen molar-refractivity contribution in [3.8, 4) is 22.9 Å². The summed E-state index contributed by atoms with van der Waals surface area (Å²) < 4.78 is 13.7. The molecule has 0 amide bonds. The minimum Gasteiger partial charge on any atom is -0.438 e. The number of morpholine rings is 1. The maximum atomic E-state index is 6.16. The largest absolute Gasteiger partial charge is 0.438 e. The van der Waals surface area contributed by atoms with Gasteiger partial charge in [-0.2, -0.15) is 9.61 Å². The van der Waals surface area contributed by atoms with Gasteiger partial charge < -0.3 is 14.4 Å². The maximum Gasteiger partial charge on any atom is 0.228 e. The molecule has 0 bridgehead atoms. The summed E-state index contributed by atoms with van der Waals surface area (Å²) in [5, 5.41) is 4.98. The lowest BCUT2D eigenvalue weighted by Gasteiger charge is -2.29. The van der Waals surface area contributed by atoms with Crippen molar-refractivity contribution in [2.24, 2.45) is 0 Å². The Labute approximate surface area is 217 Å². The lowest BCUT2D eigenvalue weighted by Crippen LogP contribution is -2.37. The second-order valence-corrected chi connectivity index (χ2v) is 8.63. The summed E-state index contributed by atoms with van der Waals surface area (Å²) in [5.41, 5.74) is 4.26. The third-order valence-corrected chi connectivity index (χ3v) is 6.04. The SMILES string of the molecule is C\C=C/C(=C\C=C\CC)c1cc2nc(-c3cccnc3Oc3ccccc3)cc(N3CCOCC3)n2n1. The van der Waals surface area contributed by atoms with E-state index in [9.17, 15) is 0 Å². The standard InChI is InChI=1S/C30H31N5O2/c1-3-5-7-12-23(11-4-2)26-21-28-32-27(22-29(35(28)33-26)34-17-19-36-20-18-34)25-15-10-16-31-30(25)37-24-13-8-6-9-14-24/h4-16,21-22H,3,17-20H2,1-2H3/b7-5+,11-4-,23-12+. The molecule has 1 aromatic carbocycles. The first kappa shape index (κ1) is 24.5. The van der Waals surface area contributed by atoms with Crippen molar-refractivity contribution in [1.82, 2.24) is 19.6 Å². The molecule has 0 spiro atoms. The highest BCUT2D eigenvalue weighted by Crippen LogP contribution is 2.33. The van der Waals surface area contributed by atoms with Crippen molar-refractivity contribution < 1.29 is 9.47 Å². The van der Waals surface area contributed by atoms with Gasteiger partial charge in [-0.05, 0) is 37.6 Å². The molecule has 0 atom stereocenters. The number of nitrogens with zero attached hydrogens (tertiary/aromatic N) is 5. The average Bonchev–Trinajstić information content (AvgIpc) is 3.38. The molecule has 4 aromatic rings. The number of aromatic nitrogens is 4. The van der Waals surface area contributed by atoms with Gasteiger partial charge in [-0.1, -0.05) is 55.5 Å². The van der Waals surface area contributed by atoms with Crippen molar-refractivity contribution >= 4 is 17.0 Å². The van der Waals surface area contributed by atoms with Gasteiger partial charge in [0, 0.05) is 37.0 Å². The number of benzene rings is 1. The highest BCUT2D eigenvalue weighted by Gasteiger charge is 2.20. The highest BCUT2D eigenvalue weighted by atomic mass is 16.5. The number of para-hydroxylation sites is 1. The molecule has 0 radical (unpaired) electrons. The zero-order valence-corrected chi connectivity index (χ0v) is 21.2. The van der Waals surface area contributed by atoms with Crippen molar-refractivity contribution in [2.45, 2.75) is 20.3 Å². The molecule has 4 heterocycles. The number of hydrogen-bond acceptors (Lipinski definition) is 6. The van der Waals surface area contributed by atoms with Crippen LogP contribution in [0.2, 0.25) is 0 Å². The van der Waals surface area contributed by atoms with E-state index < -0.39 is 0 Å². The number of rotatable bonds is 8. The summed E-state index contributed by atoms with van der Waals surface area (Å²) in [7, 11) is 0. The smallest absolute Gasteiger partial charge is 0.228 e. The van der Waals surface area contributed by atoms with Gasteiger partial charge in [0.05, 0.1) is 30.2 Å². The molecule has 0 N–H and O–H groups in total. The van der Waals surface area contributed by atoms with Gasteiger partial charge in [-0.25, -0.2) is 9.97 Å². The van der Waals surface area contributed by atoms with Crippen molar-refractivity contribution in [1.29, 1.82) is 0 Å². The van der Waals surface area contributed by atoms with E-state index in [0.717, 1.165) is 59.2 Å². The summed E-state index contributed by atoms with van der Waals surface area (Å²) in [6.45, 7) is 7.05. The molecule has 7 nitrogen and oxygen atoms in total. The lowest BCUT2D eigenvalue weighted by molar-refractivity contribution is 0.122. The van der Waals surface area contributed by atoms with Crippen LogP contribution < -0.4 is 9.64 Å². The Morgan fingerprint density at radius 3 is 2.70 bits per heavy atom. The van der Waals surface area contributed by atoms with Gasteiger partial charge >= 0.3 is 0 Å². The molecule has 0 aliphatic carbocycles. The summed E-state index contributed by atoms with van der Waals surface area (Å²) in [6.07, 6.45) is 13.1. The molecule has 1 aliphatic rings. The van der Waals surface area contributed by atoms with Crippen molar-refractivity contribution in [3.63, 3.8) is 0 Å². The minimum atomic E-state index is 0.512. The summed E-state index contributed by atoms with van der Waals surface area (Å²) in [5.74, 6) is 2.20. The summed E-state index contributed by atoms with van der Waals surface area (Å²) >= 11 is 0. The second-order valence-electron chi connectivity index (χ2n) is 8.63. The molecule has 1 saturated heterocycles. The normalized spacial score (nSPS) is 14.8. The molecule has 188 valence electrons. The predicted molar refractivity (Wildman–Crippen MR) is 148 cm³/mol. The molecule has 1 fully saturated rings. The quantitative estimate of drug-likeness (QED) is 0.267. The highest BCUT2D eigenvalue weighted by molar-refractivity contribution is 5.77. The topological polar surface area (TPSA) is 64.8 Å². The number of anilines is 1. The van der Waals surface area contributed by atoms with Crippen LogP contribution in [0.5, 0.6) is 11.6 Å².